The molecule has 0 spiro atoms. The summed E-state index contributed by atoms with van der Waals surface area (Å²) >= 11 is 17.7. The molecule has 0 radical (unpaired) electrons. The van der Waals surface area contributed by atoms with Crippen molar-refractivity contribution in [3.05, 3.63) is 45.4 Å². The van der Waals surface area contributed by atoms with E-state index in [1.54, 1.807) is 6.07 Å². The molecule has 0 aromatic heterocycles. The molecule has 0 saturated carbocycles. The van der Waals surface area contributed by atoms with Gasteiger partial charge in [-0.25, -0.2) is 0 Å². The second kappa shape index (κ2) is 4.65. The largest absolute Gasteiger partial charge is 0.508 e. The minimum absolute atomic E-state index is 0.00286. The first kappa shape index (κ1) is 12.4. The van der Waals surface area contributed by atoms with Crippen LogP contribution in [0.25, 0.3) is 11.1 Å². The number of hydrogen-bond acceptors (Lipinski definition) is 2. The van der Waals surface area contributed by atoms with E-state index in [1.807, 2.05) is 0 Å². The Morgan fingerprint density at radius 3 is 2.06 bits per heavy atom. The van der Waals surface area contributed by atoms with E-state index < -0.39 is 0 Å². The van der Waals surface area contributed by atoms with Gasteiger partial charge in [-0.2, -0.15) is 0 Å². The number of phenolic OH excluding ortho intramolecular Hbond substituents is 2. The van der Waals surface area contributed by atoms with Crippen LogP contribution in [0.1, 0.15) is 0 Å². The topological polar surface area (TPSA) is 40.5 Å². The Hall–Kier alpha value is -1.09. The zero-order chi connectivity index (χ0) is 12.6. The van der Waals surface area contributed by atoms with Crippen LogP contribution in [0, 0.1) is 0 Å². The predicted octanol–water partition coefficient (Wildman–Crippen LogP) is 4.73. The molecule has 5 heteroatoms. The molecule has 2 aromatic rings. The summed E-state index contributed by atoms with van der Waals surface area (Å²) in [6, 6.07) is 7.19. The van der Waals surface area contributed by atoms with Crippen LogP contribution in [0.4, 0.5) is 0 Å². The van der Waals surface area contributed by atoms with Crippen molar-refractivity contribution < 1.29 is 10.2 Å². The second-order valence-corrected chi connectivity index (χ2v) is 4.67. The SMILES string of the molecule is Oc1ccc(O)c(-c2cc(Cl)c(Cl)cc2Cl)c1. The highest BCUT2D eigenvalue weighted by molar-refractivity contribution is 6.44. The van der Waals surface area contributed by atoms with E-state index in [9.17, 15) is 10.2 Å². The molecule has 2 aromatic carbocycles. The lowest BCUT2D eigenvalue weighted by atomic mass is 10.0. The van der Waals surface area contributed by atoms with Crippen LogP contribution in [0.2, 0.25) is 15.1 Å². The van der Waals surface area contributed by atoms with Gasteiger partial charge in [-0.1, -0.05) is 34.8 Å². The number of rotatable bonds is 1. The molecule has 0 bridgehead atoms. The number of benzene rings is 2. The summed E-state index contributed by atoms with van der Waals surface area (Å²) in [5.41, 5.74) is 0.906. The molecule has 2 nitrogen and oxygen atoms in total. The first-order valence-electron chi connectivity index (χ1n) is 4.66. The lowest BCUT2D eigenvalue weighted by molar-refractivity contribution is 0.462. The molecule has 88 valence electrons. The molecular weight excluding hydrogens is 282 g/mol. The molecular formula is C12H7Cl3O2. The predicted molar refractivity (Wildman–Crippen MR) is 70.2 cm³/mol. The lowest BCUT2D eigenvalue weighted by Gasteiger charge is -2.09. The molecule has 2 rings (SSSR count). The third-order valence-corrected chi connectivity index (χ3v) is 3.32. The van der Waals surface area contributed by atoms with Crippen LogP contribution >= 0.6 is 34.8 Å². The summed E-state index contributed by atoms with van der Waals surface area (Å²) in [6.45, 7) is 0. The van der Waals surface area contributed by atoms with Gasteiger partial charge < -0.3 is 10.2 Å². The van der Waals surface area contributed by atoms with Gasteiger partial charge >= 0.3 is 0 Å². The van der Waals surface area contributed by atoms with Crippen molar-refractivity contribution in [2.45, 2.75) is 0 Å². The van der Waals surface area contributed by atoms with Gasteiger partial charge in [0.15, 0.2) is 0 Å². The Bertz CT molecular complexity index is 582. The van der Waals surface area contributed by atoms with Crippen LogP contribution in [0.3, 0.4) is 0 Å². The Labute approximate surface area is 113 Å². The summed E-state index contributed by atoms with van der Waals surface area (Å²) in [7, 11) is 0. The molecule has 0 aliphatic carbocycles. The zero-order valence-corrected chi connectivity index (χ0v) is 10.7. The van der Waals surface area contributed by atoms with Crippen LogP contribution in [-0.4, -0.2) is 10.2 Å². The van der Waals surface area contributed by atoms with Crippen molar-refractivity contribution in [1.82, 2.24) is 0 Å². The minimum atomic E-state index is 0.00286. The third-order valence-electron chi connectivity index (χ3n) is 2.28. The maximum Gasteiger partial charge on any atom is 0.123 e. The van der Waals surface area contributed by atoms with Gasteiger partial charge in [0.05, 0.1) is 15.1 Å². The fourth-order valence-corrected chi connectivity index (χ4v) is 2.12. The normalized spacial score (nSPS) is 10.5. The Morgan fingerprint density at radius 2 is 1.35 bits per heavy atom. The minimum Gasteiger partial charge on any atom is -0.508 e. The Kier molecular flexibility index (Phi) is 3.38. The number of hydrogen-bond donors (Lipinski definition) is 2. The number of aromatic hydroxyl groups is 2. The summed E-state index contributed by atoms with van der Waals surface area (Å²) < 4.78 is 0. The molecule has 0 saturated heterocycles. The standard InChI is InChI=1S/C12H7Cl3O2/c13-9-5-11(15)10(14)4-7(9)8-3-6(16)1-2-12(8)17/h1-5,16-17H. The van der Waals surface area contributed by atoms with Crippen molar-refractivity contribution in [1.29, 1.82) is 0 Å². The van der Waals surface area contributed by atoms with Crippen molar-refractivity contribution in [2.24, 2.45) is 0 Å². The smallest absolute Gasteiger partial charge is 0.123 e. The Balaban J connectivity index is 2.68. The van der Waals surface area contributed by atoms with Crippen LogP contribution in [0.5, 0.6) is 11.5 Å². The van der Waals surface area contributed by atoms with Crippen LogP contribution < -0.4 is 0 Å². The van der Waals surface area contributed by atoms with Crippen molar-refractivity contribution in [3.8, 4) is 22.6 Å². The molecule has 0 aliphatic rings. The van der Waals surface area contributed by atoms with Crippen LogP contribution in [0.15, 0.2) is 30.3 Å². The molecule has 0 fully saturated rings. The zero-order valence-electron chi connectivity index (χ0n) is 8.42. The van der Waals surface area contributed by atoms with E-state index in [-0.39, 0.29) is 11.5 Å². The summed E-state index contributed by atoms with van der Waals surface area (Å²) in [5.74, 6) is 0.0306. The number of halogens is 3. The quantitative estimate of drug-likeness (QED) is 0.589. The Morgan fingerprint density at radius 1 is 0.706 bits per heavy atom. The first-order chi connectivity index (χ1) is 7.99. The fourth-order valence-electron chi connectivity index (χ4n) is 1.47. The van der Waals surface area contributed by atoms with Gasteiger partial charge in [0.25, 0.3) is 0 Å². The third kappa shape index (κ3) is 2.44. The summed E-state index contributed by atoms with van der Waals surface area (Å²) in [4.78, 5) is 0. The fraction of sp³-hybridized carbons (Fsp3) is 0. The average molecular weight is 290 g/mol. The molecule has 0 amide bonds. The van der Waals surface area contributed by atoms with Crippen molar-refractivity contribution >= 4 is 34.8 Å². The molecule has 0 atom stereocenters. The van der Waals surface area contributed by atoms with Gasteiger partial charge in [0.1, 0.15) is 11.5 Å². The summed E-state index contributed by atoms with van der Waals surface area (Å²) in [6.07, 6.45) is 0. The van der Waals surface area contributed by atoms with Gasteiger partial charge in [-0.3, -0.25) is 0 Å². The van der Waals surface area contributed by atoms with Crippen molar-refractivity contribution in [2.75, 3.05) is 0 Å². The molecule has 0 aliphatic heterocycles. The van der Waals surface area contributed by atoms with Crippen LogP contribution in [-0.2, 0) is 0 Å². The molecule has 0 heterocycles. The van der Waals surface area contributed by atoms with Crippen molar-refractivity contribution in [3.63, 3.8) is 0 Å². The monoisotopic (exact) mass is 288 g/mol. The van der Waals surface area contributed by atoms with Gasteiger partial charge in [0, 0.05) is 11.1 Å². The van der Waals surface area contributed by atoms with E-state index in [0.717, 1.165) is 0 Å². The van der Waals surface area contributed by atoms with Gasteiger partial charge in [0.2, 0.25) is 0 Å². The van der Waals surface area contributed by atoms with Gasteiger partial charge in [-0.05, 0) is 30.3 Å². The maximum atomic E-state index is 9.73. The highest BCUT2D eigenvalue weighted by Gasteiger charge is 2.12. The average Bonchev–Trinajstić information content (AvgIpc) is 2.27. The molecule has 17 heavy (non-hydrogen) atoms. The molecule has 0 unspecified atom stereocenters. The second-order valence-electron chi connectivity index (χ2n) is 3.45. The lowest BCUT2D eigenvalue weighted by Crippen LogP contribution is -1.82. The van der Waals surface area contributed by atoms with Gasteiger partial charge in [-0.15, -0.1) is 0 Å². The van der Waals surface area contributed by atoms with E-state index >= 15 is 0 Å². The first-order valence-corrected chi connectivity index (χ1v) is 5.79. The van der Waals surface area contributed by atoms with E-state index in [2.05, 4.69) is 0 Å². The highest BCUT2D eigenvalue weighted by Crippen LogP contribution is 2.40. The molecule has 2 N–H and O–H groups in total. The van der Waals surface area contributed by atoms with E-state index in [0.29, 0.717) is 26.2 Å². The number of phenols is 2. The van der Waals surface area contributed by atoms with E-state index in [4.69, 9.17) is 34.8 Å². The maximum absolute atomic E-state index is 9.73. The van der Waals surface area contributed by atoms with E-state index in [1.165, 1.54) is 24.3 Å². The highest BCUT2D eigenvalue weighted by atomic mass is 35.5. The summed E-state index contributed by atoms with van der Waals surface area (Å²) in [5, 5.41) is 20.1.